The molecule has 1 N–H and O–H groups in total. The minimum absolute atomic E-state index is 0.00362. The SMILES string of the molecule is CC(C)CC(CCl)NC(=O)c1cccc2ncccc12. The highest BCUT2D eigenvalue weighted by Gasteiger charge is 2.16. The van der Waals surface area contributed by atoms with Crippen molar-refractivity contribution in [1.29, 1.82) is 0 Å². The topological polar surface area (TPSA) is 42.0 Å². The smallest absolute Gasteiger partial charge is 0.252 e. The molecule has 0 spiro atoms. The Bertz CT molecular complexity index is 593. The predicted octanol–water partition coefficient (Wildman–Crippen LogP) is 3.62. The van der Waals surface area contributed by atoms with Gasteiger partial charge in [0.1, 0.15) is 0 Å². The molecule has 3 nitrogen and oxygen atoms in total. The van der Waals surface area contributed by atoms with Gasteiger partial charge in [0.2, 0.25) is 0 Å². The Morgan fingerprint density at radius 1 is 1.30 bits per heavy atom. The number of carbonyl (C=O) groups is 1. The summed E-state index contributed by atoms with van der Waals surface area (Å²) in [4.78, 5) is 16.7. The number of carbonyl (C=O) groups excluding carboxylic acids is 1. The Kier molecular flexibility index (Phi) is 4.96. The first kappa shape index (κ1) is 14.8. The van der Waals surface area contributed by atoms with Crippen molar-refractivity contribution in [3.05, 3.63) is 42.1 Å². The molecule has 0 aliphatic rings. The van der Waals surface area contributed by atoms with E-state index in [4.69, 9.17) is 11.6 Å². The third-order valence-electron chi connectivity index (χ3n) is 3.17. The second-order valence-electron chi connectivity index (χ2n) is 5.33. The van der Waals surface area contributed by atoms with Crippen molar-refractivity contribution in [1.82, 2.24) is 10.3 Å². The van der Waals surface area contributed by atoms with Crippen LogP contribution in [0.4, 0.5) is 0 Å². The molecule has 1 atom stereocenters. The largest absolute Gasteiger partial charge is 0.348 e. The summed E-state index contributed by atoms with van der Waals surface area (Å²) >= 11 is 5.93. The minimum atomic E-state index is -0.0881. The highest BCUT2D eigenvalue weighted by atomic mass is 35.5. The third kappa shape index (κ3) is 3.48. The zero-order valence-corrected chi connectivity index (χ0v) is 12.5. The number of benzene rings is 1. The van der Waals surface area contributed by atoms with E-state index in [1.54, 1.807) is 6.20 Å². The van der Waals surface area contributed by atoms with Gasteiger partial charge in [-0.3, -0.25) is 9.78 Å². The lowest BCUT2D eigenvalue weighted by atomic mass is 10.0. The fraction of sp³-hybridized carbons (Fsp3) is 0.375. The van der Waals surface area contributed by atoms with E-state index in [1.807, 2.05) is 30.3 Å². The van der Waals surface area contributed by atoms with Gasteiger partial charge < -0.3 is 5.32 Å². The van der Waals surface area contributed by atoms with Crippen LogP contribution in [0.15, 0.2) is 36.5 Å². The maximum atomic E-state index is 12.4. The van der Waals surface area contributed by atoms with Crippen LogP contribution >= 0.6 is 11.6 Å². The summed E-state index contributed by atoms with van der Waals surface area (Å²) in [5, 5.41) is 3.87. The summed E-state index contributed by atoms with van der Waals surface area (Å²) < 4.78 is 0. The normalized spacial score (nSPS) is 12.6. The zero-order valence-electron chi connectivity index (χ0n) is 11.8. The van der Waals surface area contributed by atoms with E-state index >= 15 is 0 Å². The van der Waals surface area contributed by atoms with Crippen LogP contribution in [-0.2, 0) is 0 Å². The van der Waals surface area contributed by atoms with E-state index in [2.05, 4.69) is 24.1 Å². The quantitative estimate of drug-likeness (QED) is 0.855. The first-order valence-corrected chi connectivity index (χ1v) is 7.36. The summed E-state index contributed by atoms with van der Waals surface area (Å²) in [6.45, 7) is 4.24. The number of nitrogens with zero attached hydrogens (tertiary/aromatic N) is 1. The number of amides is 1. The maximum absolute atomic E-state index is 12.4. The van der Waals surface area contributed by atoms with Crippen LogP contribution in [-0.4, -0.2) is 22.8 Å². The molecule has 0 aliphatic heterocycles. The van der Waals surface area contributed by atoms with Crippen LogP contribution in [0, 0.1) is 5.92 Å². The van der Waals surface area contributed by atoms with Gasteiger partial charge in [0.05, 0.1) is 5.52 Å². The summed E-state index contributed by atoms with van der Waals surface area (Å²) in [6, 6.07) is 9.32. The van der Waals surface area contributed by atoms with Gasteiger partial charge in [-0.25, -0.2) is 0 Å². The van der Waals surface area contributed by atoms with Crippen molar-refractivity contribution in [3.63, 3.8) is 0 Å². The lowest BCUT2D eigenvalue weighted by molar-refractivity contribution is 0.0938. The van der Waals surface area contributed by atoms with Gasteiger partial charge >= 0.3 is 0 Å². The fourth-order valence-corrected chi connectivity index (χ4v) is 2.50. The monoisotopic (exact) mass is 290 g/mol. The van der Waals surface area contributed by atoms with Crippen molar-refractivity contribution >= 4 is 28.4 Å². The number of pyridine rings is 1. The second kappa shape index (κ2) is 6.71. The van der Waals surface area contributed by atoms with Gasteiger partial charge in [0.25, 0.3) is 5.91 Å². The van der Waals surface area contributed by atoms with Crippen LogP contribution in [0.1, 0.15) is 30.6 Å². The molecule has 0 fully saturated rings. The van der Waals surface area contributed by atoms with Crippen LogP contribution in [0.25, 0.3) is 10.9 Å². The van der Waals surface area contributed by atoms with E-state index in [-0.39, 0.29) is 11.9 Å². The molecule has 106 valence electrons. The van der Waals surface area contributed by atoms with Crippen molar-refractivity contribution in [3.8, 4) is 0 Å². The number of fused-ring (bicyclic) bond motifs is 1. The van der Waals surface area contributed by atoms with E-state index in [9.17, 15) is 4.79 Å². The number of rotatable bonds is 5. The molecule has 0 saturated carbocycles. The number of nitrogens with one attached hydrogen (secondary N) is 1. The number of aromatic nitrogens is 1. The minimum Gasteiger partial charge on any atom is -0.348 e. The first-order valence-electron chi connectivity index (χ1n) is 6.82. The lowest BCUT2D eigenvalue weighted by Gasteiger charge is -2.18. The lowest BCUT2D eigenvalue weighted by Crippen LogP contribution is -2.37. The fourth-order valence-electron chi connectivity index (χ4n) is 2.29. The van der Waals surface area contributed by atoms with Gasteiger partial charge in [-0.15, -0.1) is 11.6 Å². The van der Waals surface area contributed by atoms with Crippen molar-refractivity contribution in [2.75, 3.05) is 5.88 Å². The third-order valence-corrected chi connectivity index (χ3v) is 3.54. The Labute approximate surface area is 124 Å². The molecular formula is C16H19ClN2O. The van der Waals surface area contributed by atoms with Crippen LogP contribution in [0.5, 0.6) is 0 Å². The van der Waals surface area contributed by atoms with Crippen molar-refractivity contribution < 1.29 is 4.79 Å². The van der Waals surface area contributed by atoms with Gasteiger partial charge in [0.15, 0.2) is 0 Å². The molecule has 0 saturated heterocycles. The van der Waals surface area contributed by atoms with Gasteiger partial charge in [-0.05, 0) is 30.5 Å². The number of halogens is 1. The summed E-state index contributed by atoms with van der Waals surface area (Å²) in [6.07, 6.45) is 2.60. The van der Waals surface area contributed by atoms with Gasteiger partial charge in [0, 0.05) is 29.1 Å². The number of hydrogen-bond donors (Lipinski definition) is 1. The summed E-state index contributed by atoms with van der Waals surface area (Å²) in [5.74, 6) is 0.829. The molecule has 0 radical (unpaired) electrons. The standard InChI is InChI=1S/C16H19ClN2O/c1-11(2)9-12(10-17)19-16(20)14-5-3-7-15-13(14)6-4-8-18-15/h3-8,11-12H,9-10H2,1-2H3,(H,19,20). The molecular weight excluding hydrogens is 272 g/mol. The Hall–Kier alpha value is -1.61. The second-order valence-corrected chi connectivity index (χ2v) is 5.64. The average molecular weight is 291 g/mol. The maximum Gasteiger partial charge on any atom is 0.252 e. The molecule has 0 aliphatic carbocycles. The van der Waals surface area contributed by atoms with Crippen LogP contribution < -0.4 is 5.32 Å². The Morgan fingerprint density at radius 3 is 2.80 bits per heavy atom. The Morgan fingerprint density at radius 2 is 2.10 bits per heavy atom. The predicted molar refractivity (Wildman–Crippen MR) is 83.2 cm³/mol. The molecule has 1 aromatic carbocycles. The molecule has 4 heteroatoms. The Balaban J connectivity index is 2.23. The molecule has 1 heterocycles. The molecule has 20 heavy (non-hydrogen) atoms. The van der Waals surface area contributed by atoms with Crippen LogP contribution in [0.2, 0.25) is 0 Å². The van der Waals surface area contributed by atoms with E-state index in [0.717, 1.165) is 17.3 Å². The highest BCUT2D eigenvalue weighted by Crippen LogP contribution is 2.17. The molecule has 2 aromatic rings. The first-order chi connectivity index (χ1) is 9.61. The number of hydrogen-bond acceptors (Lipinski definition) is 2. The van der Waals surface area contributed by atoms with E-state index < -0.39 is 0 Å². The number of alkyl halides is 1. The molecule has 2 rings (SSSR count). The molecule has 1 amide bonds. The molecule has 1 aromatic heterocycles. The zero-order chi connectivity index (χ0) is 14.5. The van der Waals surface area contributed by atoms with Gasteiger partial charge in [-0.1, -0.05) is 26.0 Å². The summed E-state index contributed by atoms with van der Waals surface area (Å²) in [7, 11) is 0. The van der Waals surface area contributed by atoms with Crippen molar-refractivity contribution in [2.45, 2.75) is 26.3 Å². The molecule has 1 unspecified atom stereocenters. The van der Waals surface area contributed by atoms with E-state index in [1.165, 1.54) is 0 Å². The van der Waals surface area contributed by atoms with Crippen molar-refractivity contribution in [2.24, 2.45) is 5.92 Å². The highest BCUT2D eigenvalue weighted by molar-refractivity contribution is 6.18. The average Bonchev–Trinajstić information content (AvgIpc) is 2.45. The van der Waals surface area contributed by atoms with Gasteiger partial charge in [-0.2, -0.15) is 0 Å². The van der Waals surface area contributed by atoms with E-state index in [0.29, 0.717) is 17.4 Å². The molecule has 0 bridgehead atoms. The summed E-state index contributed by atoms with van der Waals surface area (Å²) in [5.41, 5.74) is 1.47. The van der Waals surface area contributed by atoms with Crippen LogP contribution in [0.3, 0.4) is 0 Å².